The molecule has 0 saturated carbocycles. The maximum Gasteiger partial charge on any atom is 0.338 e. The van der Waals surface area contributed by atoms with Gasteiger partial charge in [0.1, 0.15) is 0 Å². The lowest BCUT2D eigenvalue weighted by atomic mass is 10.1. The third-order valence-electron chi connectivity index (χ3n) is 5.00. The van der Waals surface area contributed by atoms with Crippen LogP contribution in [0.2, 0.25) is 0 Å². The number of ether oxygens (including phenoxy) is 1. The Morgan fingerprint density at radius 3 is 2.23 bits per heavy atom. The Morgan fingerprint density at radius 2 is 1.50 bits per heavy atom. The molecule has 0 aliphatic rings. The van der Waals surface area contributed by atoms with Gasteiger partial charge in [0.2, 0.25) is 0 Å². The molecule has 0 spiro atoms. The monoisotopic (exact) mass is 401 g/mol. The van der Waals surface area contributed by atoms with Crippen LogP contribution in [0.15, 0.2) is 66.7 Å². The molecule has 30 heavy (non-hydrogen) atoms. The highest BCUT2D eigenvalue weighted by molar-refractivity contribution is 6.10. The van der Waals surface area contributed by atoms with Crippen molar-refractivity contribution in [2.75, 3.05) is 17.2 Å². The summed E-state index contributed by atoms with van der Waals surface area (Å²) in [5.41, 5.74) is 4.06. The van der Waals surface area contributed by atoms with Gasteiger partial charge < -0.3 is 19.9 Å². The average molecular weight is 401 g/mol. The fourth-order valence-corrected chi connectivity index (χ4v) is 3.67. The van der Waals surface area contributed by atoms with Gasteiger partial charge in [-0.1, -0.05) is 18.2 Å². The van der Waals surface area contributed by atoms with E-state index < -0.39 is 0 Å². The fourth-order valence-electron chi connectivity index (χ4n) is 3.67. The summed E-state index contributed by atoms with van der Waals surface area (Å²) in [7, 11) is 0. The Morgan fingerprint density at radius 1 is 0.833 bits per heavy atom. The fraction of sp³-hybridized carbons (Fsp3) is 0.167. The largest absolute Gasteiger partial charge is 0.462 e. The van der Waals surface area contributed by atoms with Crippen LogP contribution in [0.1, 0.15) is 24.2 Å². The van der Waals surface area contributed by atoms with Crippen LogP contribution < -0.4 is 10.6 Å². The molecule has 1 heterocycles. The molecule has 0 bridgehead atoms. The first kappa shape index (κ1) is 19.5. The van der Waals surface area contributed by atoms with Crippen LogP contribution in [0.3, 0.4) is 0 Å². The van der Waals surface area contributed by atoms with E-state index in [9.17, 15) is 9.59 Å². The van der Waals surface area contributed by atoms with Gasteiger partial charge in [0, 0.05) is 39.7 Å². The Hall–Kier alpha value is -3.80. The maximum atomic E-state index is 12.4. The number of nitrogens with zero attached hydrogens (tertiary/aromatic N) is 1. The first-order chi connectivity index (χ1) is 14.6. The molecule has 6 heteroatoms. The molecule has 6 nitrogen and oxygen atoms in total. The van der Waals surface area contributed by atoms with E-state index in [-0.39, 0.29) is 12.0 Å². The van der Waals surface area contributed by atoms with E-state index in [2.05, 4.69) is 34.3 Å². The molecule has 0 fully saturated rings. The number of aromatic nitrogens is 1. The molecule has 0 aliphatic carbocycles. The van der Waals surface area contributed by atoms with Crippen molar-refractivity contribution in [3.05, 3.63) is 72.3 Å². The summed E-state index contributed by atoms with van der Waals surface area (Å²) in [6.45, 7) is 5.08. The number of para-hydroxylation sites is 1. The number of hydrogen-bond acceptors (Lipinski definition) is 3. The summed E-state index contributed by atoms with van der Waals surface area (Å²) in [5, 5.41) is 7.93. The molecule has 4 aromatic rings. The minimum absolute atomic E-state index is 0.322. The van der Waals surface area contributed by atoms with Crippen molar-refractivity contribution in [2.24, 2.45) is 0 Å². The van der Waals surface area contributed by atoms with Crippen molar-refractivity contribution in [2.45, 2.75) is 20.4 Å². The number of benzene rings is 3. The van der Waals surface area contributed by atoms with E-state index >= 15 is 0 Å². The molecule has 0 atom stereocenters. The highest BCUT2D eigenvalue weighted by Crippen LogP contribution is 2.31. The van der Waals surface area contributed by atoms with Crippen molar-refractivity contribution < 1.29 is 14.3 Å². The van der Waals surface area contributed by atoms with Gasteiger partial charge in [0.05, 0.1) is 12.2 Å². The Kier molecular flexibility index (Phi) is 5.39. The minimum atomic E-state index is -0.381. The number of esters is 1. The third-order valence-corrected chi connectivity index (χ3v) is 5.00. The molecule has 0 aliphatic heterocycles. The number of nitrogens with one attached hydrogen (secondary N) is 2. The first-order valence-corrected chi connectivity index (χ1v) is 9.97. The zero-order valence-electron chi connectivity index (χ0n) is 16.9. The second-order valence-electron chi connectivity index (χ2n) is 6.87. The highest BCUT2D eigenvalue weighted by Gasteiger charge is 2.11. The number of aryl methyl sites for hydroxylation is 1. The predicted molar refractivity (Wildman–Crippen MR) is 120 cm³/mol. The summed E-state index contributed by atoms with van der Waals surface area (Å²) in [6.07, 6.45) is 0. The molecule has 3 aromatic carbocycles. The molecule has 1 aromatic heterocycles. The second-order valence-corrected chi connectivity index (χ2v) is 6.87. The van der Waals surface area contributed by atoms with Crippen molar-refractivity contribution in [1.82, 2.24) is 4.57 Å². The summed E-state index contributed by atoms with van der Waals surface area (Å²) in [5.74, 6) is -0.381. The smallest absolute Gasteiger partial charge is 0.338 e. The van der Waals surface area contributed by atoms with Crippen LogP contribution in [-0.2, 0) is 11.3 Å². The van der Waals surface area contributed by atoms with Gasteiger partial charge in [-0.3, -0.25) is 0 Å². The van der Waals surface area contributed by atoms with E-state index in [1.54, 1.807) is 31.2 Å². The van der Waals surface area contributed by atoms with Gasteiger partial charge in [-0.15, -0.1) is 0 Å². The summed E-state index contributed by atoms with van der Waals surface area (Å²) < 4.78 is 7.23. The number of hydrogen-bond donors (Lipinski definition) is 2. The third kappa shape index (κ3) is 3.72. The molecule has 2 N–H and O–H groups in total. The molecule has 0 saturated heterocycles. The van der Waals surface area contributed by atoms with E-state index in [1.165, 1.54) is 5.52 Å². The molecule has 0 unspecified atom stereocenters. The summed E-state index contributed by atoms with van der Waals surface area (Å²) in [6, 6.07) is 20.4. The van der Waals surface area contributed by atoms with Gasteiger partial charge >= 0.3 is 12.0 Å². The molecule has 2 amide bonds. The lowest BCUT2D eigenvalue weighted by Crippen LogP contribution is -2.19. The number of urea groups is 1. The van der Waals surface area contributed by atoms with Crippen molar-refractivity contribution in [1.29, 1.82) is 0 Å². The lowest BCUT2D eigenvalue weighted by Gasteiger charge is -2.09. The Bertz CT molecular complexity index is 1230. The lowest BCUT2D eigenvalue weighted by molar-refractivity contribution is 0.0526. The van der Waals surface area contributed by atoms with Gasteiger partial charge in [0.15, 0.2) is 0 Å². The van der Waals surface area contributed by atoms with E-state index in [0.29, 0.717) is 23.5 Å². The average Bonchev–Trinajstić information content (AvgIpc) is 3.07. The molecular formula is C24H23N3O3. The quantitative estimate of drug-likeness (QED) is 0.425. The summed E-state index contributed by atoms with van der Waals surface area (Å²) in [4.78, 5) is 24.2. The molecule has 152 valence electrons. The molecule has 0 radical (unpaired) electrons. The van der Waals surface area contributed by atoms with Crippen LogP contribution in [0, 0.1) is 0 Å². The van der Waals surface area contributed by atoms with Gasteiger partial charge in [-0.05, 0) is 62.4 Å². The Balaban J connectivity index is 1.52. The Labute approximate surface area is 174 Å². The van der Waals surface area contributed by atoms with E-state index in [4.69, 9.17) is 4.74 Å². The highest BCUT2D eigenvalue weighted by atomic mass is 16.5. The van der Waals surface area contributed by atoms with Crippen LogP contribution in [0.25, 0.3) is 21.8 Å². The normalized spacial score (nSPS) is 10.9. The zero-order valence-corrected chi connectivity index (χ0v) is 16.9. The first-order valence-electron chi connectivity index (χ1n) is 9.97. The molecule has 4 rings (SSSR count). The standard InChI is InChI=1S/C24H23N3O3/c1-3-27-21-8-6-5-7-19(21)20-15-18(13-14-22(20)27)26-24(29)25-17-11-9-16(10-12-17)23(28)30-4-2/h5-15H,3-4H2,1-2H3,(H2,25,26,29). The maximum absolute atomic E-state index is 12.4. The van der Waals surface area contributed by atoms with Gasteiger partial charge in [-0.2, -0.15) is 0 Å². The number of carbonyl (C=O) groups is 2. The van der Waals surface area contributed by atoms with Crippen LogP contribution in [0.5, 0.6) is 0 Å². The van der Waals surface area contributed by atoms with E-state index in [0.717, 1.165) is 22.8 Å². The number of fused-ring (bicyclic) bond motifs is 3. The SMILES string of the molecule is CCOC(=O)c1ccc(NC(=O)Nc2ccc3c(c2)c2ccccc2n3CC)cc1. The van der Waals surface area contributed by atoms with Crippen LogP contribution in [-0.4, -0.2) is 23.2 Å². The minimum Gasteiger partial charge on any atom is -0.462 e. The van der Waals surface area contributed by atoms with Gasteiger partial charge in [0.25, 0.3) is 0 Å². The van der Waals surface area contributed by atoms with Crippen LogP contribution in [0.4, 0.5) is 16.2 Å². The zero-order chi connectivity index (χ0) is 21.1. The number of carbonyl (C=O) groups excluding carboxylic acids is 2. The number of anilines is 2. The van der Waals surface area contributed by atoms with Crippen molar-refractivity contribution in [3.8, 4) is 0 Å². The van der Waals surface area contributed by atoms with Gasteiger partial charge in [-0.25, -0.2) is 9.59 Å². The number of rotatable bonds is 5. The van der Waals surface area contributed by atoms with E-state index in [1.807, 2.05) is 30.3 Å². The second kappa shape index (κ2) is 8.29. The van der Waals surface area contributed by atoms with Crippen LogP contribution >= 0.6 is 0 Å². The molecular weight excluding hydrogens is 378 g/mol. The van der Waals surface area contributed by atoms with Crippen molar-refractivity contribution >= 4 is 45.2 Å². The predicted octanol–water partition coefficient (Wildman–Crippen LogP) is 5.64. The topological polar surface area (TPSA) is 72.4 Å². The van der Waals surface area contributed by atoms with Crippen molar-refractivity contribution in [3.63, 3.8) is 0 Å². The summed E-state index contributed by atoms with van der Waals surface area (Å²) >= 11 is 0. The number of amides is 2.